The maximum atomic E-state index is 4.61. The van der Waals surface area contributed by atoms with E-state index in [0.717, 1.165) is 6.54 Å². The van der Waals surface area contributed by atoms with Crippen LogP contribution in [0.5, 0.6) is 0 Å². The van der Waals surface area contributed by atoms with Gasteiger partial charge in [-0.2, -0.15) is 5.10 Å². The fourth-order valence-electron chi connectivity index (χ4n) is 4.26. The molecule has 1 aromatic rings. The summed E-state index contributed by atoms with van der Waals surface area (Å²) < 4.78 is 2.04. The van der Waals surface area contributed by atoms with Gasteiger partial charge in [0.2, 0.25) is 0 Å². The van der Waals surface area contributed by atoms with Gasteiger partial charge in [-0.25, -0.2) is 0 Å². The molecule has 1 aromatic heterocycles. The molecule has 1 aliphatic carbocycles. The first-order chi connectivity index (χ1) is 9.01. The molecule has 0 radical (unpaired) electrons. The zero-order chi connectivity index (χ0) is 14.2. The second kappa shape index (κ2) is 5.28. The number of hydrogen-bond acceptors (Lipinski definition) is 2. The molecule has 2 unspecified atom stereocenters. The molecule has 2 rings (SSSR count). The van der Waals surface area contributed by atoms with E-state index >= 15 is 0 Å². The highest BCUT2D eigenvalue weighted by molar-refractivity contribution is 5.35. The first kappa shape index (κ1) is 14.6. The van der Waals surface area contributed by atoms with Crippen molar-refractivity contribution in [3.63, 3.8) is 0 Å². The SMILES string of the molecule is CCNC1CC(c2c(C)nn(C)c2C)C1(CC)CC. The summed E-state index contributed by atoms with van der Waals surface area (Å²) in [6.07, 6.45) is 3.77. The normalized spacial score (nSPS) is 25.4. The van der Waals surface area contributed by atoms with Crippen LogP contribution in [0.15, 0.2) is 0 Å². The second-order valence-electron chi connectivity index (χ2n) is 6.05. The molecule has 0 spiro atoms. The number of nitrogens with one attached hydrogen (secondary N) is 1. The van der Waals surface area contributed by atoms with Gasteiger partial charge >= 0.3 is 0 Å². The van der Waals surface area contributed by atoms with E-state index in [1.807, 2.05) is 4.68 Å². The predicted molar refractivity (Wildman–Crippen MR) is 80.5 cm³/mol. The smallest absolute Gasteiger partial charge is 0.0631 e. The van der Waals surface area contributed by atoms with E-state index in [1.54, 1.807) is 0 Å². The zero-order valence-corrected chi connectivity index (χ0v) is 13.4. The second-order valence-corrected chi connectivity index (χ2v) is 6.05. The Kier molecular flexibility index (Phi) is 4.05. The molecule has 1 heterocycles. The highest BCUT2D eigenvalue weighted by Crippen LogP contribution is 2.58. The lowest BCUT2D eigenvalue weighted by Crippen LogP contribution is -2.58. The first-order valence-corrected chi connectivity index (χ1v) is 7.75. The minimum Gasteiger partial charge on any atom is -0.314 e. The fraction of sp³-hybridized carbons (Fsp3) is 0.812. The lowest BCUT2D eigenvalue weighted by molar-refractivity contribution is 0.0203. The van der Waals surface area contributed by atoms with Crippen LogP contribution in [-0.4, -0.2) is 22.4 Å². The maximum absolute atomic E-state index is 4.61. The van der Waals surface area contributed by atoms with Gasteiger partial charge in [-0.3, -0.25) is 4.68 Å². The Bertz CT molecular complexity index is 443. The van der Waals surface area contributed by atoms with Crippen molar-refractivity contribution in [3.05, 3.63) is 17.0 Å². The van der Waals surface area contributed by atoms with Gasteiger partial charge in [0.15, 0.2) is 0 Å². The van der Waals surface area contributed by atoms with Crippen molar-refractivity contribution in [1.29, 1.82) is 0 Å². The summed E-state index contributed by atoms with van der Waals surface area (Å²) in [6, 6.07) is 0.677. The summed E-state index contributed by atoms with van der Waals surface area (Å²) >= 11 is 0. The quantitative estimate of drug-likeness (QED) is 0.883. The molecule has 3 heteroatoms. The lowest BCUT2D eigenvalue weighted by Gasteiger charge is -2.56. The molecule has 0 saturated heterocycles. The highest BCUT2D eigenvalue weighted by atomic mass is 15.3. The van der Waals surface area contributed by atoms with Gasteiger partial charge in [0.25, 0.3) is 0 Å². The zero-order valence-electron chi connectivity index (χ0n) is 13.4. The van der Waals surface area contributed by atoms with Crippen molar-refractivity contribution in [3.8, 4) is 0 Å². The van der Waals surface area contributed by atoms with E-state index in [0.29, 0.717) is 17.4 Å². The van der Waals surface area contributed by atoms with E-state index in [9.17, 15) is 0 Å². The van der Waals surface area contributed by atoms with Crippen molar-refractivity contribution < 1.29 is 0 Å². The highest BCUT2D eigenvalue weighted by Gasteiger charge is 2.53. The Labute approximate surface area is 117 Å². The van der Waals surface area contributed by atoms with Crippen molar-refractivity contribution in [2.45, 2.75) is 65.8 Å². The molecule has 3 nitrogen and oxygen atoms in total. The van der Waals surface area contributed by atoms with Gasteiger partial charge in [-0.05, 0) is 56.6 Å². The molecule has 1 saturated carbocycles. The van der Waals surface area contributed by atoms with Crippen LogP contribution in [0.1, 0.15) is 62.9 Å². The van der Waals surface area contributed by atoms with Gasteiger partial charge < -0.3 is 5.32 Å². The van der Waals surface area contributed by atoms with Crippen LogP contribution < -0.4 is 5.32 Å². The van der Waals surface area contributed by atoms with Crippen LogP contribution in [0, 0.1) is 19.3 Å². The van der Waals surface area contributed by atoms with E-state index in [2.05, 4.69) is 52.1 Å². The molecule has 19 heavy (non-hydrogen) atoms. The number of hydrogen-bond donors (Lipinski definition) is 1. The van der Waals surface area contributed by atoms with Crippen molar-refractivity contribution in [2.24, 2.45) is 12.5 Å². The Morgan fingerprint density at radius 1 is 1.26 bits per heavy atom. The Hall–Kier alpha value is -0.830. The average molecular weight is 263 g/mol. The minimum absolute atomic E-state index is 0.425. The summed E-state index contributed by atoms with van der Waals surface area (Å²) in [6.45, 7) is 12.4. The molecule has 0 amide bonds. The predicted octanol–water partition coefficient (Wildman–Crippen LogP) is 3.31. The molecule has 1 fully saturated rings. The monoisotopic (exact) mass is 263 g/mol. The third-order valence-corrected chi connectivity index (χ3v) is 5.54. The largest absolute Gasteiger partial charge is 0.314 e. The van der Waals surface area contributed by atoms with Crippen LogP contribution in [0.2, 0.25) is 0 Å². The summed E-state index contributed by atoms with van der Waals surface area (Å²) in [7, 11) is 2.06. The Morgan fingerprint density at radius 2 is 1.89 bits per heavy atom. The van der Waals surface area contributed by atoms with E-state index in [-0.39, 0.29) is 0 Å². The molecule has 0 aliphatic heterocycles. The number of rotatable bonds is 5. The molecule has 108 valence electrons. The van der Waals surface area contributed by atoms with Crippen molar-refractivity contribution in [2.75, 3.05) is 6.54 Å². The molecule has 1 aliphatic rings. The molecular formula is C16H29N3. The van der Waals surface area contributed by atoms with Crippen LogP contribution >= 0.6 is 0 Å². The first-order valence-electron chi connectivity index (χ1n) is 7.75. The average Bonchev–Trinajstić information content (AvgIpc) is 2.61. The summed E-state index contributed by atoms with van der Waals surface area (Å²) in [5.74, 6) is 0.681. The van der Waals surface area contributed by atoms with E-state index in [1.165, 1.54) is 36.2 Å². The van der Waals surface area contributed by atoms with E-state index in [4.69, 9.17) is 0 Å². The standard InChI is InChI=1S/C16H29N3/c1-7-16(8-2)13(10-14(16)17-9-3)15-11(4)18-19(6)12(15)5/h13-14,17H,7-10H2,1-6H3. The lowest BCUT2D eigenvalue weighted by atomic mass is 9.51. The van der Waals surface area contributed by atoms with Gasteiger partial charge in [0.05, 0.1) is 5.69 Å². The van der Waals surface area contributed by atoms with Crippen molar-refractivity contribution >= 4 is 0 Å². The van der Waals surface area contributed by atoms with Crippen LogP contribution in [0.25, 0.3) is 0 Å². The van der Waals surface area contributed by atoms with Crippen molar-refractivity contribution in [1.82, 2.24) is 15.1 Å². The molecule has 1 N–H and O–H groups in total. The number of nitrogens with zero attached hydrogens (tertiary/aromatic N) is 2. The topological polar surface area (TPSA) is 29.9 Å². The van der Waals surface area contributed by atoms with Crippen LogP contribution in [0.4, 0.5) is 0 Å². The number of aromatic nitrogens is 2. The summed E-state index contributed by atoms with van der Waals surface area (Å²) in [4.78, 5) is 0. The molecular weight excluding hydrogens is 234 g/mol. The Morgan fingerprint density at radius 3 is 2.32 bits per heavy atom. The van der Waals surface area contributed by atoms with Gasteiger partial charge in [0, 0.05) is 18.8 Å². The Balaban J connectivity index is 2.35. The maximum Gasteiger partial charge on any atom is 0.0631 e. The summed E-state index contributed by atoms with van der Waals surface area (Å²) in [5, 5.41) is 8.31. The molecule has 0 aromatic carbocycles. The third-order valence-electron chi connectivity index (χ3n) is 5.54. The van der Waals surface area contributed by atoms with Gasteiger partial charge in [-0.15, -0.1) is 0 Å². The minimum atomic E-state index is 0.425. The fourth-order valence-corrected chi connectivity index (χ4v) is 4.26. The molecule has 2 atom stereocenters. The van der Waals surface area contributed by atoms with Crippen LogP contribution in [-0.2, 0) is 7.05 Å². The summed E-state index contributed by atoms with van der Waals surface area (Å²) in [5.41, 5.74) is 4.52. The molecule has 0 bridgehead atoms. The van der Waals surface area contributed by atoms with Gasteiger partial charge in [-0.1, -0.05) is 20.8 Å². The third kappa shape index (κ3) is 2.03. The van der Waals surface area contributed by atoms with Gasteiger partial charge in [0.1, 0.15) is 0 Å². The number of aryl methyl sites for hydroxylation is 2. The van der Waals surface area contributed by atoms with Crippen LogP contribution in [0.3, 0.4) is 0 Å². The van der Waals surface area contributed by atoms with E-state index < -0.39 is 0 Å².